The van der Waals surface area contributed by atoms with Gasteiger partial charge in [0, 0.05) is 25.1 Å². The molecule has 0 aliphatic rings. The molecule has 0 saturated carbocycles. The number of hydrogen-bond acceptors (Lipinski definition) is 3. The predicted octanol–water partition coefficient (Wildman–Crippen LogP) is 4.14. The van der Waals surface area contributed by atoms with Crippen molar-refractivity contribution < 1.29 is 4.79 Å². The van der Waals surface area contributed by atoms with Gasteiger partial charge in [-0.2, -0.15) is 0 Å². The van der Waals surface area contributed by atoms with Crippen LogP contribution in [0.5, 0.6) is 0 Å². The Kier molecular flexibility index (Phi) is 7.95. The van der Waals surface area contributed by atoms with E-state index in [9.17, 15) is 4.79 Å². The molecule has 1 aromatic heterocycles. The summed E-state index contributed by atoms with van der Waals surface area (Å²) < 4.78 is 0. The largest absolute Gasteiger partial charge is 0.294 e. The van der Waals surface area contributed by atoms with E-state index in [0.29, 0.717) is 6.42 Å². The van der Waals surface area contributed by atoms with Gasteiger partial charge in [-0.3, -0.25) is 9.69 Å². The van der Waals surface area contributed by atoms with Crippen molar-refractivity contribution in [2.75, 3.05) is 4.90 Å². The minimum atomic E-state index is 0.165. The third-order valence-electron chi connectivity index (χ3n) is 3.57. The highest BCUT2D eigenvalue weighted by Crippen LogP contribution is 2.19. The van der Waals surface area contributed by atoms with E-state index in [1.807, 2.05) is 17.9 Å². The first-order valence-corrected chi connectivity index (χ1v) is 8.27. The van der Waals surface area contributed by atoms with Crippen LogP contribution in [0.15, 0.2) is 12.3 Å². The smallest absolute Gasteiger partial charge is 0.228 e. The van der Waals surface area contributed by atoms with Gasteiger partial charge in [0.15, 0.2) is 0 Å². The molecule has 0 aliphatic heterocycles. The first-order valence-electron chi connectivity index (χ1n) is 8.27. The zero-order valence-electron chi connectivity index (χ0n) is 13.9. The minimum absolute atomic E-state index is 0.165. The molecule has 0 aromatic carbocycles. The molecule has 1 amide bonds. The third kappa shape index (κ3) is 5.44. The van der Waals surface area contributed by atoms with Crippen LogP contribution >= 0.6 is 0 Å². The van der Waals surface area contributed by atoms with Crippen molar-refractivity contribution in [1.29, 1.82) is 0 Å². The summed E-state index contributed by atoms with van der Waals surface area (Å²) in [4.78, 5) is 23.2. The van der Waals surface area contributed by atoms with Crippen molar-refractivity contribution in [3.8, 4) is 0 Å². The van der Waals surface area contributed by atoms with Gasteiger partial charge in [0.05, 0.1) is 0 Å². The number of rotatable bonds is 9. The standard InChI is InChI=1S/C17H29N3O/c1-5-8-11-15-18-13-12-16(19-15)20(14(4)9-6-2)17(21)10-7-3/h12-14H,5-11H2,1-4H3. The Bertz CT molecular complexity index is 434. The van der Waals surface area contributed by atoms with E-state index in [0.717, 1.165) is 50.2 Å². The second-order valence-electron chi connectivity index (χ2n) is 5.59. The molecular weight excluding hydrogens is 262 g/mol. The van der Waals surface area contributed by atoms with Crippen molar-refractivity contribution in [3.63, 3.8) is 0 Å². The van der Waals surface area contributed by atoms with Crippen LogP contribution in [0.25, 0.3) is 0 Å². The Morgan fingerprint density at radius 1 is 1.24 bits per heavy atom. The van der Waals surface area contributed by atoms with Crippen LogP contribution in [-0.4, -0.2) is 21.9 Å². The highest BCUT2D eigenvalue weighted by atomic mass is 16.2. The summed E-state index contributed by atoms with van der Waals surface area (Å²) >= 11 is 0. The van der Waals surface area contributed by atoms with Gasteiger partial charge in [0.1, 0.15) is 11.6 Å². The quantitative estimate of drug-likeness (QED) is 0.687. The van der Waals surface area contributed by atoms with Crippen LogP contribution in [-0.2, 0) is 11.2 Å². The van der Waals surface area contributed by atoms with Gasteiger partial charge in [-0.15, -0.1) is 0 Å². The Balaban J connectivity index is 2.98. The van der Waals surface area contributed by atoms with Crippen molar-refractivity contribution in [1.82, 2.24) is 9.97 Å². The van der Waals surface area contributed by atoms with Gasteiger partial charge in [-0.05, 0) is 32.3 Å². The number of aryl methyl sites for hydroxylation is 1. The molecule has 21 heavy (non-hydrogen) atoms. The summed E-state index contributed by atoms with van der Waals surface area (Å²) in [5.41, 5.74) is 0. The molecule has 0 radical (unpaired) electrons. The molecule has 4 heteroatoms. The highest BCUT2D eigenvalue weighted by Gasteiger charge is 2.22. The Hall–Kier alpha value is -1.45. The summed E-state index contributed by atoms with van der Waals surface area (Å²) in [7, 11) is 0. The van der Waals surface area contributed by atoms with Gasteiger partial charge in [0.25, 0.3) is 0 Å². The minimum Gasteiger partial charge on any atom is -0.294 e. The lowest BCUT2D eigenvalue weighted by Gasteiger charge is -2.28. The van der Waals surface area contributed by atoms with Crippen LogP contribution in [0, 0.1) is 0 Å². The predicted molar refractivity (Wildman–Crippen MR) is 87.4 cm³/mol. The lowest BCUT2D eigenvalue weighted by molar-refractivity contribution is -0.119. The lowest BCUT2D eigenvalue weighted by atomic mass is 10.1. The molecule has 1 aromatic rings. The number of anilines is 1. The molecule has 0 spiro atoms. The van der Waals surface area contributed by atoms with Crippen LogP contribution < -0.4 is 4.90 Å². The molecule has 0 fully saturated rings. The number of nitrogens with zero attached hydrogens (tertiary/aromatic N) is 3. The van der Waals surface area contributed by atoms with Gasteiger partial charge < -0.3 is 0 Å². The van der Waals surface area contributed by atoms with Gasteiger partial charge in [-0.1, -0.05) is 33.6 Å². The van der Waals surface area contributed by atoms with Crippen molar-refractivity contribution in [3.05, 3.63) is 18.1 Å². The molecule has 1 unspecified atom stereocenters. The SMILES string of the molecule is CCCCc1nccc(N(C(=O)CCC)C(C)CCC)n1. The molecule has 118 valence electrons. The topological polar surface area (TPSA) is 46.1 Å². The van der Waals surface area contributed by atoms with E-state index in [1.54, 1.807) is 6.20 Å². The summed E-state index contributed by atoms with van der Waals surface area (Å²) in [6, 6.07) is 2.04. The number of hydrogen-bond donors (Lipinski definition) is 0. The van der Waals surface area contributed by atoms with Crippen LogP contribution in [0.1, 0.15) is 72.0 Å². The number of carbonyl (C=O) groups is 1. The second kappa shape index (κ2) is 9.48. The zero-order valence-corrected chi connectivity index (χ0v) is 13.9. The zero-order chi connectivity index (χ0) is 15.7. The van der Waals surface area contributed by atoms with Gasteiger partial charge >= 0.3 is 0 Å². The molecule has 0 aliphatic carbocycles. The molecule has 1 rings (SSSR count). The Morgan fingerprint density at radius 3 is 2.62 bits per heavy atom. The maximum atomic E-state index is 12.5. The van der Waals surface area contributed by atoms with Crippen LogP contribution in [0.2, 0.25) is 0 Å². The Labute approximate surface area is 129 Å². The van der Waals surface area contributed by atoms with E-state index in [4.69, 9.17) is 0 Å². The summed E-state index contributed by atoms with van der Waals surface area (Å²) in [5.74, 6) is 1.77. The number of aromatic nitrogens is 2. The molecule has 1 atom stereocenters. The molecule has 4 nitrogen and oxygen atoms in total. The van der Waals surface area contributed by atoms with E-state index in [1.165, 1.54) is 0 Å². The van der Waals surface area contributed by atoms with E-state index < -0.39 is 0 Å². The average molecular weight is 291 g/mol. The fourth-order valence-electron chi connectivity index (χ4n) is 2.46. The maximum absolute atomic E-state index is 12.5. The van der Waals surface area contributed by atoms with Crippen molar-refractivity contribution >= 4 is 11.7 Å². The first kappa shape index (κ1) is 17.6. The van der Waals surface area contributed by atoms with Crippen LogP contribution in [0.3, 0.4) is 0 Å². The molecular formula is C17H29N3O. The number of unbranched alkanes of at least 4 members (excludes halogenated alkanes) is 1. The van der Waals surface area contributed by atoms with Gasteiger partial charge in [0.2, 0.25) is 5.91 Å². The number of amides is 1. The van der Waals surface area contributed by atoms with E-state index in [-0.39, 0.29) is 11.9 Å². The highest BCUT2D eigenvalue weighted by molar-refractivity contribution is 5.92. The van der Waals surface area contributed by atoms with Crippen molar-refractivity contribution in [2.24, 2.45) is 0 Å². The lowest BCUT2D eigenvalue weighted by Crippen LogP contribution is -2.39. The molecule has 1 heterocycles. The summed E-state index contributed by atoms with van der Waals surface area (Å²) in [6.45, 7) is 8.44. The summed E-state index contributed by atoms with van der Waals surface area (Å²) in [6.07, 6.45) is 8.34. The maximum Gasteiger partial charge on any atom is 0.228 e. The fraction of sp³-hybridized carbons (Fsp3) is 0.706. The fourth-order valence-corrected chi connectivity index (χ4v) is 2.46. The average Bonchev–Trinajstić information content (AvgIpc) is 2.46. The molecule has 0 bridgehead atoms. The van der Waals surface area contributed by atoms with E-state index >= 15 is 0 Å². The molecule has 0 saturated heterocycles. The van der Waals surface area contributed by atoms with E-state index in [2.05, 4.69) is 30.7 Å². The second-order valence-corrected chi connectivity index (χ2v) is 5.59. The van der Waals surface area contributed by atoms with Gasteiger partial charge in [-0.25, -0.2) is 9.97 Å². The first-order chi connectivity index (χ1) is 10.1. The number of carbonyl (C=O) groups excluding carboxylic acids is 1. The normalized spacial score (nSPS) is 12.2. The van der Waals surface area contributed by atoms with Crippen molar-refractivity contribution in [2.45, 2.75) is 78.7 Å². The monoisotopic (exact) mass is 291 g/mol. The third-order valence-corrected chi connectivity index (χ3v) is 3.57. The Morgan fingerprint density at radius 2 is 2.00 bits per heavy atom. The van der Waals surface area contributed by atoms with Crippen LogP contribution in [0.4, 0.5) is 5.82 Å². The summed E-state index contributed by atoms with van der Waals surface area (Å²) in [5, 5.41) is 0. The molecule has 0 N–H and O–H groups in total.